The maximum Gasteiger partial charge on any atom is 0.306 e. The molecule has 2 aromatic rings. The lowest BCUT2D eigenvalue weighted by atomic mass is 10.1. The smallest absolute Gasteiger partial charge is 0.283 e. The maximum atomic E-state index is 12.4. The number of imide groups is 1. The van der Waals surface area contributed by atoms with Gasteiger partial charge in [0.05, 0.1) is 11.3 Å². The van der Waals surface area contributed by atoms with Crippen LogP contribution in [0.3, 0.4) is 0 Å². The van der Waals surface area contributed by atoms with E-state index in [2.05, 4.69) is 15.9 Å². The van der Waals surface area contributed by atoms with Gasteiger partial charge in [-0.15, -0.1) is 0 Å². The molecule has 5 heteroatoms. The van der Waals surface area contributed by atoms with E-state index < -0.39 is 17.6 Å². The lowest BCUT2D eigenvalue weighted by Gasteiger charge is -2.14. The molecule has 0 atom stereocenters. The number of nitrogens with zero attached hydrogens (tertiary/aromatic N) is 1. The molecule has 20 heavy (non-hydrogen) atoms. The second-order valence-electron chi connectivity index (χ2n) is 4.30. The molecule has 0 fully saturated rings. The van der Waals surface area contributed by atoms with E-state index in [0.717, 1.165) is 4.90 Å². The summed E-state index contributed by atoms with van der Waals surface area (Å²) in [6.07, 6.45) is 0. The molecule has 1 aliphatic heterocycles. The normalized spacial score (nSPS) is 13.6. The molecular weight excluding hydrogens is 322 g/mol. The minimum Gasteiger partial charge on any atom is -0.283 e. The van der Waals surface area contributed by atoms with Gasteiger partial charge < -0.3 is 0 Å². The molecule has 0 aliphatic carbocycles. The van der Waals surface area contributed by atoms with Crippen LogP contribution < -0.4 is 4.90 Å². The van der Waals surface area contributed by atoms with Gasteiger partial charge in [-0.25, -0.2) is 4.90 Å². The zero-order valence-electron chi connectivity index (χ0n) is 10.2. The van der Waals surface area contributed by atoms with Gasteiger partial charge in [-0.05, 0) is 30.3 Å². The number of halogens is 1. The molecule has 0 bridgehead atoms. The van der Waals surface area contributed by atoms with Gasteiger partial charge in [0, 0.05) is 10.0 Å². The molecule has 3 rings (SSSR count). The third kappa shape index (κ3) is 1.87. The molecular formula is C15H8BrNO3. The van der Waals surface area contributed by atoms with Crippen molar-refractivity contribution in [3.8, 4) is 0 Å². The van der Waals surface area contributed by atoms with Crippen LogP contribution in [-0.2, 0) is 4.79 Å². The summed E-state index contributed by atoms with van der Waals surface area (Å²) in [6, 6.07) is 13.2. The molecule has 0 unspecified atom stereocenters. The standard InChI is InChI=1S/C15H8BrNO3/c16-10-6-7-12-11(8-10)13(18)15(20)17(12)14(19)9-4-2-1-3-5-9/h1-8H. The molecule has 1 heterocycles. The average molecular weight is 330 g/mol. The molecule has 2 amide bonds. The van der Waals surface area contributed by atoms with E-state index in [1.807, 2.05) is 0 Å². The van der Waals surface area contributed by atoms with Crippen molar-refractivity contribution in [2.45, 2.75) is 0 Å². The van der Waals surface area contributed by atoms with Gasteiger partial charge in [-0.2, -0.15) is 0 Å². The average Bonchev–Trinajstić information content (AvgIpc) is 2.71. The van der Waals surface area contributed by atoms with E-state index in [1.165, 1.54) is 0 Å². The summed E-state index contributed by atoms with van der Waals surface area (Å²) >= 11 is 3.25. The number of fused-ring (bicyclic) bond motifs is 1. The summed E-state index contributed by atoms with van der Waals surface area (Å²) in [5.41, 5.74) is 0.940. The number of hydrogen-bond donors (Lipinski definition) is 0. The summed E-state index contributed by atoms with van der Waals surface area (Å²) in [5.74, 6) is -1.97. The largest absolute Gasteiger partial charge is 0.306 e. The lowest BCUT2D eigenvalue weighted by molar-refractivity contribution is -0.113. The fraction of sp³-hybridized carbons (Fsp3) is 0. The number of carbonyl (C=O) groups is 3. The third-order valence-electron chi connectivity index (χ3n) is 3.07. The van der Waals surface area contributed by atoms with Gasteiger partial charge >= 0.3 is 5.91 Å². The Balaban J connectivity index is 2.10. The molecule has 0 saturated heterocycles. The van der Waals surface area contributed by atoms with Crippen molar-refractivity contribution in [3.05, 3.63) is 64.1 Å². The van der Waals surface area contributed by atoms with Crippen molar-refractivity contribution in [2.75, 3.05) is 4.90 Å². The van der Waals surface area contributed by atoms with Crippen LogP contribution in [0.4, 0.5) is 5.69 Å². The van der Waals surface area contributed by atoms with E-state index in [1.54, 1.807) is 48.5 Å². The second-order valence-corrected chi connectivity index (χ2v) is 5.22. The van der Waals surface area contributed by atoms with E-state index in [9.17, 15) is 14.4 Å². The number of Topliss-reactive ketones (excluding diaryl/α,β-unsaturated/α-hetero) is 1. The highest BCUT2D eigenvalue weighted by Gasteiger charge is 2.40. The molecule has 0 spiro atoms. The highest BCUT2D eigenvalue weighted by atomic mass is 79.9. The third-order valence-corrected chi connectivity index (χ3v) is 3.56. The van der Waals surface area contributed by atoms with Gasteiger partial charge in [-0.1, -0.05) is 34.1 Å². The fourth-order valence-electron chi connectivity index (χ4n) is 2.12. The van der Waals surface area contributed by atoms with Crippen molar-refractivity contribution in [3.63, 3.8) is 0 Å². The molecule has 4 nitrogen and oxygen atoms in total. The molecule has 98 valence electrons. The number of ketones is 1. The Labute approximate surface area is 123 Å². The minimum atomic E-state index is -0.813. The SMILES string of the molecule is O=C1C(=O)N(C(=O)c2ccccc2)c2ccc(Br)cc21. The van der Waals surface area contributed by atoms with Crippen LogP contribution in [0.25, 0.3) is 0 Å². The van der Waals surface area contributed by atoms with Crippen LogP contribution in [0.15, 0.2) is 53.0 Å². The minimum absolute atomic E-state index is 0.244. The van der Waals surface area contributed by atoms with Crippen LogP contribution in [-0.4, -0.2) is 17.6 Å². The van der Waals surface area contributed by atoms with E-state index >= 15 is 0 Å². The first kappa shape index (κ1) is 12.7. The summed E-state index contributed by atoms with van der Waals surface area (Å²) in [5, 5.41) is 0. The lowest BCUT2D eigenvalue weighted by Crippen LogP contribution is -2.35. The Bertz CT molecular complexity index is 740. The predicted octanol–water partition coefficient (Wildman–Crippen LogP) is 2.82. The van der Waals surface area contributed by atoms with Crippen molar-refractivity contribution in [2.24, 2.45) is 0 Å². The Morgan fingerprint density at radius 3 is 2.40 bits per heavy atom. The fourth-order valence-corrected chi connectivity index (χ4v) is 2.48. The van der Waals surface area contributed by atoms with Crippen LogP contribution >= 0.6 is 15.9 Å². The Morgan fingerprint density at radius 2 is 1.70 bits per heavy atom. The van der Waals surface area contributed by atoms with E-state index in [-0.39, 0.29) is 5.56 Å². The molecule has 0 saturated carbocycles. The Kier molecular flexibility index (Phi) is 2.99. The monoisotopic (exact) mass is 329 g/mol. The van der Waals surface area contributed by atoms with Crippen LogP contribution in [0.2, 0.25) is 0 Å². The van der Waals surface area contributed by atoms with Crippen LogP contribution in [0, 0.1) is 0 Å². The number of rotatable bonds is 1. The Morgan fingerprint density at radius 1 is 1.00 bits per heavy atom. The van der Waals surface area contributed by atoms with Crippen molar-refractivity contribution in [1.82, 2.24) is 0 Å². The van der Waals surface area contributed by atoms with E-state index in [4.69, 9.17) is 0 Å². The molecule has 0 aromatic heterocycles. The number of benzene rings is 2. The zero-order chi connectivity index (χ0) is 14.3. The quantitative estimate of drug-likeness (QED) is 0.597. The first-order valence-corrected chi connectivity index (χ1v) is 6.66. The molecule has 1 aliphatic rings. The summed E-state index contributed by atoms with van der Waals surface area (Å²) in [6.45, 7) is 0. The van der Waals surface area contributed by atoms with Gasteiger partial charge in [0.15, 0.2) is 0 Å². The summed E-state index contributed by atoms with van der Waals surface area (Å²) in [7, 11) is 0. The maximum absolute atomic E-state index is 12.4. The molecule has 0 N–H and O–H groups in total. The second kappa shape index (κ2) is 4.68. The van der Waals surface area contributed by atoms with Crippen molar-refractivity contribution < 1.29 is 14.4 Å². The van der Waals surface area contributed by atoms with Gasteiger partial charge in [-0.3, -0.25) is 14.4 Å². The van der Waals surface area contributed by atoms with Gasteiger partial charge in [0.1, 0.15) is 0 Å². The number of anilines is 1. The number of hydrogen-bond acceptors (Lipinski definition) is 3. The van der Waals surface area contributed by atoms with Gasteiger partial charge in [0.2, 0.25) is 0 Å². The first-order valence-electron chi connectivity index (χ1n) is 5.87. The van der Waals surface area contributed by atoms with Crippen molar-refractivity contribution >= 4 is 39.2 Å². The zero-order valence-corrected chi connectivity index (χ0v) is 11.8. The number of amides is 2. The predicted molar refractivity (Wildman–Crippen MR) is 76.7 cm³/mol. The number of carbonyl (C=O) groups excluding carboxylic acids is 3. The summed E-state index contributed by atoms with van der Waals surface area (Å²) < 4.78 is 0.686. The summed E-state index contributed by atoms with van der Waals surface area (Å²) in [4.78, 5) is 37.3. The van der Waals surface area contributed by atoms with E-state index in [0.29, 0.717) is 15.7 Å². The first-order chi connectivity index (χ1) is 9.59. The van der Waals surface area contributed by atoms with Crippen LogP contribution in [0.1, 0.15) is 20.7 Å². The molecule has 0 radical (unpaired) electrons. The molecule has 2 aromatic carbocycles. The van der Waals surface area contributed by atoms with Gasteiger partial charge in [0.25, 0.3) is 11.7 Å². The van der Waals surface area contributed by atoms with Crippen LogP contribution in [0.5, 0.6) is 0 Å². The Hall–Kier alpha value is -2.27. The topological polar surface area (TPSA) is 54.5 Å². The highest BCUT2D eigenvalue weighted by Crippen LogP contribution is 2.32. The van der Waals surface area contributed by atoms with Crippen molar-refractivity contribution in [1.29, 1.82) is 0 Å². The highest BCUT2D eigenvalue weighted by molar-refractivity contribution is 9.10.